The van der Waals surface area contributed by atoms with Crippen molar-refractivity contribution in [2.45, 2.75) is 52.2 Å². The fraction of sp³-hybridized carbons (Fsp3) is 0.571. The number of rotatable bonds is 6. The molecule has 0 unspecified atom stereocenters. The van der Waals surface area contributed by atoms with Gasteiger partial charge in [0.1, 0.15) is 11.4 Å². The van der Waals surface area contributed by atoms with Crippen LogP contribution in [0.4, 0.5) is 0 Å². The third-order valence-corrected chi connectivity index (χ3v) is 2.94. The van der Waals surface area contributed by atoms with E-state index in [9.17, 15) is 9.90 Å². The molecule has 0 fully saturated rings. The van der Waals surface area contributed by atoms with Gasteiger partial charge in [0.2, 0.25) is 0 Å². The first-order valence-corrected chi connectivity index (χ1v) is 6.31. The molecule has 18 heavy (non-hydrogen) atoms. The van der Waals surface area contributed by atoms with Crippen molar-refractivity contribution in [3.05, 3.63) is 24.0 Å². The van der Waals surface area contributed by atoms with E-state index in [1.54, 1.807) is 26.1 Å². The number of carbonyl (C=O) groups excluding carboxylic acids is 1. The lowest BCUT2D eigenvalue weighted by Crippen LogP contribution is -2.37. The maximum atomic E-state index is 12.2. The molecule has 0 radical (unpaired) electrons. The Balaban J connectivity index is 2.99. The van der Waals surface area contributed by atoms with Gasteiger partial charge in [0.05, 0.1) is 12.3 Å². The third kappa shape index (κ3) is 3.29. The minimum absolute atomic E-state index is 0.0217. The van der Waals surface area contributed by atoms with E-state index in [-0.39, 0.29) is 11.9 Å². The Morgan fingerprint density at radius 2 is 2.00 bits per heavy atom. The summed E-state index contributed by atoms with van der Waals surface area (Å²) in [5.41, 5.74) is -0.919. The van der Waals surface area contributed by atoms with Gasteiger partial charge < -0.3 is 9.84 Å². The van der Waals surface area contributed by atoms with Gasteiger partial charge >= 0.3 is 0 Å². The van der Waals surface area contributed by atoms with Crippen LogP contribution in [0.2, 0.25) is 0 Å². The molecule has 0 spiro atoms. The zero-order valence-corrected chi connectivity index (χ0v) is 11.4. The summed E-state index contributed by atoms with van der Waals surface area (Å²) in [7, 11) is 0. The molecular weight excluding hydrogens is 230 g/mol. The topological polar surface area (TPSA) is 59.4 Å². The highest BCUT2D eigenvalue weighted by Gasteiger charge is 2.32. The highest BCUT2D eigenvalue weighted by molar-refractivity contribution is 6.02. The van der Waals surface area contributed by atoms with Gasteiger partial charge in [-0.05, 0) is 32.8 Å². The van der Waals surface area contributed by atoms with Crippen LogP contribution in [0.25, 0.3) is 0 Å². The van der Waals surface area contributed by atoms with Gasteiger partial charge in [0.25, 0.3) is 0 Å². The summed E-state index contributed by atoms with van der Waals surface area (Å²) in [6.45, 7) is 7.40. The SMILES string of the molecule is CCC(O)(CC)C(=O)c1cncc(OC(C)C)c1. The Labute approximate surface area is 108 Å². The van der Waals surface area contributed by atoms with Crippen LogP contribution in [0, 0.1) is 0 Å². The summed E-state index contributed by atoms with van der Waals surface area (Å²) >= 11 is 0. The predicted molar refractivity (Wildman–Crippen MR) is 69.9 cm³/mol. The molecule has 0 saturated carbocycles. The van der Waals surface area contributed by atoms with Crippen LogP contribution in [0.1, 0.15) is 50.9 Å². The standard InChI is InChI=1S/C14H21NO3/c1-5-14(17,6-2)13(16)11-7-12(9-15-8-11)18-10(3)4/h7-10,17H,5-6H2,1-4H3. The molecule has 1 aromatic rings. The monoisotopic (exact) mass is 251 g/mol. The Bertz CT molecular complexity index is 411. The Morgan fingerprint density at radius 1 is 1.39 bits per heavy atom. The van der Waals surface area contributed by atoms with Crippen LogP contribution < -0.4 is 4.74 Å². The van der Waals surface area contributed by atoms with Crippen molar-refractivity contribution in [3.63, 3.8) is 0 Å². The Hall–Kier alpha value is -1.42. The molecule has 1 aromatic heterocycles. The second-order valence-electron chi connectivity index (χ2n) is 4.64. The van der Waals surface area contributed by atoms with Crippen molar-refractivity contribution in [2.24, 2.45) is 0 Å². The van der Waals surface area contributed by atoms with Gasteiger partial charge in [-0.3, -0.25) is 9.78 Å². The van der Waals surface area contributed by atoms with E-state index in [1.807, 2.05) is 13.8 Å². The van der Waals surface area contributed by atoms with E-state index in [0.29, 0.717) is 24.2 Å². The van der Waals surface area contributed by atoms with E-state index >= 15 is 0 Å². The van der Waals surface area contributed by atoms with Gasteiger partial charge in [-0.2, -0.15) is 0 Å². The van der Waals surface area contributed by atoms with Gasteiger partial charge in [0, 0.05) is 11.8 Å². The average Bonchev–Trinajstić information content (AvgIpc) is 2.36. The minimum atomic E-state index is -1.31. The third-order valence-electron chi connectivity index (χ3n) is 2.94. The number of nitrogens with zero attached hydrogens (tertiary/aromatic N) is 1. The smallest absolute Gasteiger partial charge is 0.195 e. The highest BCUT2D eigenvalue weighted by atomic mass is 16.5. The summed E-state index contributed by atoms with van der Waals surface area (Å²) in [5, 5.41) is 10.2. The molecule has 0 atom stereocenters. The summed E-state index contributed by atoms with van der Waals surface area (Å²) < 4.78 is 5.49. The van der Waals surface area contributed by atoms with Gasteiger partial charge in [0.15, 0.2) is 5.78 Å². The molecule has 0 amide bonds. The second kappa shape index (κ2) is 5.96. The first-order valence-electron chi connectivity index (χ1n) is 6.31. The summed E-state index contributed by atoms with van der Waals surface area (Å²) in [4.78, 5) is 16.2. The van der Waals surface area contributed by atoms with Crippen LogP contribution in [-0.4, -0.2) is 27.6 Å². The van der Waals surface area contributed by atoms with Crippen LogP contribution in [0.15, 0.2) is 18.5 Å². The minimum Gasteiger partial charge on any atom is -0.489 e. The zero-order valence-electron chi connectivity index (χ0n) is 11.4. The number of ketones is 1. The summed E-state index contributed by atoms with van der Waals surface area (Å²) in [5.74, 6) is 0.250. The maximum Gasteiger partial charge on any atom is 0.195 e. The lowest BCUT2D eigenvalue weighted by molar-refractivity contribution is 0.0277. The molecule has 0 aliphatic rings. The van der Waals surface area contributed by atoms with E-state index in [4.69, 9.17) is 4.74 Å². The molecule has 0 bridgehead atoms. The molecule has 0 aromatic carbocycles. The van der Waals surface area contributed by atoms with Crippen LogP contribution in [0.5, 0.6) is 5.75 Å². The first-order chi connectivity index (χ1) is 8.42. The fourth-order valence-corrected chi connectivity index (χ4v) is 1.72. The maximum absolute atomic E-state index is 12.2. The lowest BCUT2D eigenvalue weighted by atomic mass is 9.89. The normalized spacial score (nSPS) is 11.7. The van der Waals surface area contributed by atoms with Crippen LogP contribution in [-0.2, 0) is 0 Å². The molecule has 4 heteroatoms. The average molecular weight is 251 g/mol. The first kappa shape index (κ1) is 14.6. The van der Waals surface area contributed by atoms with E-state index < -0.39 is 5.60 Å². The van der Waals surface area contributed by atoms with Crippen molar-refractivity contribution in [1.29, 1.82) is 0 Å². The largest absolute Gasteiger partial charge is 0.489 e. The van der Waals surface area contributed by atoms with Crippen molar-refractivity contribution >= 4 is 5.78 Å². The Morgan fingerprint density at radius 3 is 2.50 bits per heavy atom. The number of hydrogen-bond acceptors (Lipinski definition) is 4. The quantitative estimate of drug-likeness (QED) is 0.789. The van der Waals surface area contributed by atoms with Crippen molar-refractivity contribution in [1.82, 2.24) is 4.98 Å². The zero-order chi connectivity index (χ0) is 13.8. The molecule has 0 aliphatic carbocycles. The number of ether oxygens (including phenoxy) is 1. The predicted octanol–water partition coefficient (Wildman–Crippen LogP) is 2.60. The molecule has 4 nitrogen and oxygen atoms in total. The second-order valence-corrected chi connectivity index (χ2v) is 4.64. The molecule has 0 aliphatic heterocycles. The van der Waals surface area contributed by atoms with Crippen LogP contribution in [0.3, 0.4) is 0 Å². The van der Waals surface area contributed by atoms with E-state index in [0.717, 1.165) is 0 Å². The van der Waals surface area contributed by atoms with Crippen molar-refractivity contribution in [2.75, 3.05) is 0 Å². The number of aromatic nitrogens is 1. The van der Waals surface area contributed by atoms with Gasteiger partial charge in [-0.25, -0.2) is 0 Å². The summed E-state index contributed by atoms with van der Waals surface area (Å²) in [6.07, 6.45) is 3.82. The van der Waals surface area contributed by atoms with E-state index in [2.05, 4.69) is 4.98 Å². The van der Waals surface area contributed by atoms with Gasteiger partial charge in [-0.15, -0.1) is 0 Å². The molecule has 1 N–H and O–H groups in total. The van der Waals surface area contributed by atoms with Gasteiger partial charge in [-0.1, -0.05) is 13.8 Å². The number of carbonyl (C=O) groups is 1. The van der Waals surface area contributed by atoms with E-state index in [1.165, 1.54) is 6.20 Å². The van der Waals surface area contributed by atoms with Crippen molar-refractivity contribution < 1.29 is 14.6 Å². The molecular formula is C14H21NO3. The highest BCUT2D eigenvalue weighted by Crippen LogP contribution is 2.23. The number of pyridine rings is 1. The molecule has 100 valence electrons. The van der Waals surface area contributed by atoms with Crippen LogP contribution >= 0.6 is 0 Å². The number of hydrogen-bond donors (Lipinski definition) is 1. The Kier molecular flexibility index (Phi) is 4.84. The number of Topliss-reactive ketones (excluding diaryl/α,β-unsaturated/α-hetero) is 1. The lowest BCUT2D eigenvalue weighted by Gasteiger charge is -2.23. The molecule has 1 rings (SSSR count). The molecule has 0 saturated heterocycles. The molecule has 1 heterocycles. The number of aliphatic hydroxyl groups is 1. The fourth-order valence-electron chi connectivity index (χ4n) is 1.72. The summed E-state index contributed by atoms with van der Waals surface area (Å²) in [6, 6.07) is 1.63. The van der Waals surface area contributed by atoms with Crippen molar-refractivity contribution in [3.8, 4) is 5.75 Å².